The largest absolute Gasteiger partial charge is 2.00 e. The van der Waals surface area contributed by atoms with E-state index in [2.05, 4.69) is 4.98 Å². The van der Waals surface area contributed by atoms with Gasteiger partial charge in [-0.15, -0.1) is 0 Å². The van der Waals surface area contributed by atoms with Crippen molar-refractivity contribution in [3.8, 4) is 0 Å². The first-order valence-electron chi connectivity index (χ1n) is 7.22. The zero-order valence-electron chi connectivity index (χ0n) is 15.4. The predicted octanol–water partition coefficient (Wildman–Crippen LogP) is 0.935. The van der Waals surface area contributed by atoms with E-state index in [0.717, 1.165) is 16.5 Å². The van der Waals surface area contributed by atoms with Crippen LogP contribution in [-0.2, 0) is 20.7 Å². The third kappa shape index (κ3) is 4.78. The Labute approximate surface area is 154 Å². The van der Waals surface area contributed by atoms with Gasteiger partial charge in [0, 0.05) is 23.5 Å². The van der Waals surface area contributed by atoms with Crippen LogP contribution in [0.2, 0.25) is 0 Å². The SMILES string of the molecule is CC(C)[C@H](N)C(=O)OC(=O)[C@@H](N)Cc1c[nH]c2ccccc12.[H-].[H-].[Mg+2]. The molecule has 0 radical (unpaired) electrons. The molecule has 6 nitrogen and oxygen atoms in total. The third-order valence-electron chi connectivity index (χ3n) is 3.61. The van der Waals surface area contributed by atoms with Crippen molar-refractivity contribution in [1.82, 2.24) is 4.98 Å². The zero-order valence-corrected chi connectivity index (χ0v) is 14.8. The van der Waals surface area contributed by atoms with Crippen LogP contribution in [0.4, 0.5) is 0 Å². The molecule has 23 heavy (non-hydrogen) atoms. The van der Waals surface area contributed by atoms with Crippen LogP contribution in [0, 0.1) is 5.92 Å². The quantitative estimate of drug-likeness (QED) is 0.429. The van der Waals surface area contributed by atoms with Gasteiger partial charge in [-0.3, -0.25) is 0 Å². The molecule has 0 saturated carbocycles. The van der Waals surface area contributed by atoms with E-state index in [1.54, 1.807) is 20.0 Å². The number of carbonyl (C=O) groups excluding carboxylic acids is 2. The Hall–Kier alpha value is -1.41. The number of H-pyrrole nitrogens is 1. The summed E-state index contributed by atoms with van der Waals surface area (Å²) in [5.41, 5.74) is 13.4. The molecule has 0 bridgehead atoms. The molecule has 2 rings (SSSR count). The van der Waals surface area contributed by atoms with E-state index < -0.39 is 24.0 Å². The van der Waals surface area contributed by atoms with Crippen LogP contribution in [0.1, 0.15) is 22.3 Å². The number of benzene rings is 1. The van der Waals surface area contributed by atoms with E-state index >= 15 is 0 Å². The summed E-state index contributed by atoms with van der Waals surface area (Å²) < 4.78 is 4.76. The first-order chi connectivity index (χ1) is 10.4. The fourth-order valence-corrected chi connectivity index (χ4v) is 2.14. The Morgan fingerprint density at radius 2 is 1.87 bits per heavy atom. The first-order valence-corrected chi connectivity index (χ1v) is 7.22. The summed E-state index contributed by atoms with van der Waals surface area (Å²) >= 11 is 0. The molecule has 0 fully saturated rings. The van der Waals surface area contributed by atoms with Gasteiger partial charge in [-0.2, -0.15) is 0 Å². The second-order valence-corrected chi connectivity index (χ2v) is 5.68. The smallest absolute Gasteiger partial charge is 1.00 e. The number of aromatic nitrogens is 1. The van der Waals surface area contributed by atoms with Crippen LogP contribution in [-0.4, -0.2) is 52.1 Å². The predicted molar refractivity (Wildman–Crippen MR) is 91.9 cm³/mol. The summed E-state index contributed by atoms with van der Waals surface area (Å²) in [7, 11) is 0. The van der Waals surface area contributed by atoms with E-state index in [4.69, 9.17) is 16.2 Å². The molecule has 0 amide bonds. The maximum absolute atomic E-state index is 11.9. The molecule has 1 aromatic heterocycles. The van der Waals surface area contributed by atoms with Crippen molar-refractivity contribution in [2.75, 3.05) is 0 Å². The van der Waals surface area contributed by atoms with Crippen molar-refractivity contribution in [1.29, 1.82) is 0 Å². The van der Waals surface area contributed by atoms with Gasteiger partial charge in [-0.1, -0.05) is 32.0 Å². The van der Waals surface area contributed by atoms with E-state index in [0.29, 0.717) is 0 Å². The van der Waals surface area contributed by atoms with Gasteiger partial charge in [0.25, 0.3) is 0 Å². The number of nitrogens with two attached hydrogens (primary N) is 2. The zero-order chi connectivity index (χ0) is 16.3. The van der Waals surface area contributed by atoms with Crippen molar-refractivity contribution in [2.45, 2.75) is 32.4 Å². The Kier molecular flexibility index (Phi) is 7.21. The first kappa shape index (κ1) is 19.6. The average Bonchev–Trinajstić information content (AvgIpc) is 2.89. The Bertz CT molecular complexity index is 694. The molecule has 2 aromatic rings. The molecule has 1 heterocycles. The molecule has 0 saturated heterocycles. The van der Waals surface area contributed by atoms with E-state index in [9.17, 15) is 9.59 Å². The number of nitrogens with one attached hydrogen (secondary N) is 1. The number of hydrogen-bond acceptors (Lipinski definition) is 5. The second kappa shape index (κ2) is 8.44. The number of hydrogen-bond donors (Lipinski definition) is 3. The van der Waals surface area contributed by atoms with Gasteiger partial charge < -0.3 is 24.0 Å². The van der Waals surface area contributed by atoms with Crippen LogP contribution >= 0.6 is 0 Å². The fraction of sp³-hybridized carbons (Fsp3) is 0.375. The maximum atomic E-state index is 11.9. The van der Waals surface area contributed by atoms with Crippen LogP contribution in [0.15, 0.2) is 30.5 Å². The van der Waals surface area contributed by atoms with E-state index in [-0.39, 0.29) is 38.2 Å². The molecule has 0 aliphatic rings. The monoisotopic (exact) mass is 329 g/mol. The van der Waals surface area contributed by atoms with E-state index in [1.165, 1.54) is 0 Å². The minimum Gasteiger partial charge on any atom is -1.00 e. The van der Waals surface area contributed by atoms with Crippen LogP contribution in [0.3, 0.4) is 0 Å². The number of carbonyl (C=O) groups is 2. The van der Waals surface area contributed by atoms with Gasteiger partial charge in [0.05, 0.1) is 0 Å². The molecule has 5 N–H and O–H groups in total. The summed E-state index contributed by atoms with van der Waals surface area (Å²) in [4.78, 5) is 26.7. The molecule has 0 aliphatic heterocycles. The van der Waals surface area contributed by atoms with Crippen LogP contribution < -0.4 is 11.5 Å². The summed E-state index contributed by atoms with van der Waals surface area (Å²) in [6, 6.07) is 5.97. The number of esters is 2. The van der Waals surface area contributed by atoms with Crippen molar-refractivity contribution in [3.63, 3.8) is 0 Å². The topological polar surface area (TPSA) is 111 Å². The van der Waals surface area contributed by atoms with E-state index in [1.807, 2.05) is 24.3 Å². The van der Waals surface area contributed by atoms with Crippen molar-refractivity contribution in [3.05, 3.63) is 36.0 Å². The number of rotatable bonds is 5. The van der Waals surface area contributed by atoms with Gasteiger partial charge in [0.1, 0.15) is 12.1 Å². The molecule has 1 aromatic carbocycles. The molecule has 2 atom stereocenters. The van der Waals surface area contributed by atoms with Gasteiger partial charge in [-0.05, 0) is 17.5 Å². The normalized spacial score (nSPS) is 13.4. The summed E-state index contributed by atoms with van der Waals surface area (Å²) in [6.45, 7) is 3.56. The van der Waals surface area contributed by atoms with Crippen molar-refractivity contribution in [2.24, 2.45) is 17.4 Å². The maximum Gasteiger partial charge on any atom is 2.00 e. The van der Waals surface area contributed by atoms with Gasteiger partial charge in [0.15, 0.2) is 0 Å². The minimum atomic E-state index is -0.914. The number of fused-ring (bicyclic) bond motifs is 1. The molecule has 0 unspecified atom stereocenters. The second-order valence-electron chi connectivity index (χ2n) is 5.68. The molecule has 122 valence electrons. The number of aromatic amines is 1. The van der Waals surface area contributed by atoms with Crippen molar-refractivity contribution < 1.29 is 17.2 Å². The standard InChI is InChI=1S/C16H21N3O3.Mg.2H/c1-9(2)14(18)16(21)22-15(20)12(17)7-10-8-19-13-6-4-3-5-11(10)13;;;/h3-6,8-9,12,14,19H,7,17-18H2,1-2H3;;;/q;+2;2*-1/t12-,14-;;;/m0.../s1. The molecule has 0 aliphatic carbocycles. The molecular weight excluding hydrogens is 306 g/mol. The molecular formula is C16H23MgN3O3. The fourth-order valence-electron chi connectivity index (χ4n) is 2.14. The number of ether oxygens (including phenoxy) is 1. The summed E-state index contributed by atoms with van der Waals surface area (Å²) in [5.74, 6) is -1.61. The third-order valence-corrected chi connectivity index (χ3v) is 3.61. The summed E-state index contributed by atoms with van der Waals surface area (Å²) in [6.07, 6.45) is 2.09. The Morgan fingerprint density at radius 3 is 2.52 bits per heavy atom. The Morgan fingerprint density at radius 1 is 1.22 bits per heavy atom. The van der Waals surface area contributed by atoms with Crippen LogP contribution in [0.5, 0.6) is 0 Å². The summed E-state index contributed by atoms with van der Waals surface area (Å²) in [5, 5.41) is 0.996. The molecule has 7 heteroatoms. The minimum absolute atomic E-state index is 0. The molecule has 0 spiro atoms. The van der Waals surface area contributed by atoms with Crippen molar-refractivity contribution >= 4 is 45.9 Å². The van der Waals surface area contributed by atoms with Gasteiger partial charge in [-0.25, -0.2) is 9.59 Å². The average molecular weight is 330 g/mol. The Balaban J connectivity index is 0. The van der Waals surface area contributed by atoms with Gasteiger partial charge >= 0.3 is 35.0 Å². The van der Waals surface area contributed by atoms with Crippen LogP contribution in [0.25, 0.3) is 10.9 Å². The number of para-hydroxylation sites is 1. The van der Waals surface area contributed by atoms with Gasteiger partial charge in [0.2, 0.25) is 0 Å².